The molecule has 22 heavy (non-hydrogen) atoms. The average Bonchev–Trinajstić information content (AvgIpc) is 2.75. The van der Waals surface area contributed by atoms with Crippen LogP contribution in [0.1, 0.15) is 52.9 Å². The fourth-order valence-electron chi connectivity index (χ4n) is 3.85. The number of halogens is 2. The minimum absolute atomic E-state index is 0. The molecule has 2 rings (SSSR count). The second-order valence-corrected chi connectivity index (χ2v) is 6.63. The summed E-state index contributed by atoms with van der Waals surface area (Å²) in [5.74, 6) is 0.838. The highest BCUT2D eigenvalue weighted by molar-refractivity contribution is 5.85. The maximum absolute atomic E-state index is 12.2. The Bertz CT molecular complexity index is 315. The zero-order chi connectivity index (χ0) is 14.5. The van der Waals surface area contributed by atoms with Gasteiger partial charge in [-0.1, -0.05) is 13.8 Å². The fraction of sp³-hybridized carbons (Fsp3) is 0.938. The van der Waals surface area contributed by atoms with E-state index in [-0.39, 0.29) is 36.8 Å². The van der Waals surface area contributed by atoms with Crippen molar-refractivity contribution in [2.75, 3.05) is 19.6 Å². The third-order valence-electron chi connectivity index (χ3n) is 4.88. The van der Waals surface area contributed by atoms with Crippen LogP contribution < -0.4 is 10.6 Å². The summed E-state index contributed by atoms with van der Waals surface area (Å²) < 4.78 is 0. The third kappa shape index (κ3) is 6.61. The van der Waals surface area contributed by atoms with Crippen LogP contribution in [0.3, 0.4) is 0 Å². The molecule has 4 nitrogen and oxygen atoms in total. The van der Waals surface area contributed by atoms with E-state index in [1.807, 2.05) is 0 Å². The number of carbonyl (C=O) groups is 1. The number of nitrogens with one attached hydrogen (secondary N) is 2. The molecule has 6 heteroatoms. The molecule has 1 amide bonds. The lowest BCUT2D eigenvalue weighted by atomic mass is 9.89. The lowest BCUT2D eigenvalue weighted by molar-refractivity contribution is -0.123. The zero-order valence-corrected chi connectivity index (χ0v) is 15.8. The van der Waals surface area contributed by atoms with Crippen molar-refractivity contribution in [2.24, 2.45) is 5.92 Å². The number of hydrogen-bond donors (Lipinski definition) is 2. The Morgan fingerprint density at radius 2 is 1.73 bits per heavy atom. The van der Waals surface area contributed by atoms with Crippen LogP contribution in [0, 0.1) is 5.92 Å². The molecule has 2 bridgehead atoms. The van der Waals surface area contributed by atoms with Gasteiger partial charge in [0.15, 0.2) is 0 Å². The Balaban J connectivity index is 0.00000220. The summed E-state index contributed by atoms with van der Waals surface area (Å²) in [6.07, 6.45) is 5.71. The van der Waals surface area contributed by atoms with Gasteiger partial charge in [-0.2, -0.15) is 0 Å². The molecule has 0 aliphatic carbocycles. The summed E-state index contributed by atoms with van der Waals surface area (Å²) in [7, 11) is 0. The number of hydrogen-bond acceptors (Lipinski definition) is 3. The van der Waals surface area contributed by atoms with E-state index in [0.717, 1.165) is 26.1 Å². The largest absolute Gasteiger partial charge is 0.352 e. The van der Waals surface area contributed by atoms with Gasteiger partial charge in [0.2, 0.25) is 5.91 Å². The van der Waals surface area contributed by atoms with Gasteiger partial charge in [-0.25, -0.2) is 0 Å². The highest BCUT2D eigenvalue weighted by Crippen LogP contribution is 2.32. The fourth-order valence-corrected chi connectivity index (χ4v) is 3.85. The second-order valence-electron chi connectivity index (χ2n) is 6.63. The predicted octanol–water partition coefficient (Wildman–Crippen LogP) is 2.60. The molecular formula is C16H33Cl2N3O. The molecule has 2 heterocycles. The summed E-state index contributed by atoms with van der Waals surface area (Å²) in [5.41, 5.74) is 0. The Morgan fingerprint density at radius 3 is 2.23 bits per heavy atom. The molecule has 2 aliphatic rings. The number of rotatable bonds is 7. The van der Waals surface area contributed by atoms with Crippen molar-refractivity contribution in [3.8, 4) is 0 Å². The first kappa shape index (κ1) is 22.0. The number of amides is 1. The molecule has 3 unspecified atom stereocenters. The van der Waals surface area contributed by atoms with Gasteiger partial charge in [-0.15, -0.1) is 24.8 Å². The molecule has 2 fully saturated rings. The zero-order valence-electron chi connectivity index (χ0n) is 14.1. The molecule has 0 saturated carbocycles. The standard InChI is InChI=1S/C16H31N3O.2ClH/c1-4-19(5-2)11-12(3)17-16(20)10-13-8-14-6-7-15(9-13)18-14;;/h12-15,18H,4-11H2,1-3H3,(H,17,20);2*1H. The van der Waals surface area contributed by atoms with Crippen molar-refractivity contribution in [1.29, 1.82) is 0 Å². The minimum Gasteiger partial charge on any atom is -0.352 e. The first-order valence-electron chi connectivity index (χ1n) is 8.38. The van der Waals surface area contributed by atoms with Crippen LogP contribution in [0.2, 0.25) is 0 Å². The minimum atomic E-state index is 0. The van der Waals surface area contributed by atoms with Gasteiger partial charge in [0.25, 0.3) is 0 Å². The smallest absolute Gasteiger partial charge is 0.220 e. The van der Waals surface area contributed by atoms with E-state index in [1.165, 1.54) is 25.7 Å². The Morgan fingerprint density at radius 1 is 1.18 bits per heavy atom. The maximum atomic E-state index is 12.2. The van der Waals surface area contributed by atoms with Crippen LogP contribution in [0.5, 0.6) is 0 Å². The van der Waals surface area contributed by atoms with Crippen LogP contribution >= 0.6 is 24.8 Å². The SMILES string of the molecule is CCN(CC)CC(C)NC(=O)CC1CC2CCC(C1)N2.Cl.Cl. The van der Waals surface area contributed by atoms with Crippen LogP contribution in [0.15, 0.2) is 0 Å². The van der Waals surface area contributed by atoms with E-state index < -0.39 is 0 Å². The molecule has 0 spiro atoms. The maximum Gasteiger partial charge on any atom is 0.220 e. The van der Waals surface area contributed by atoms with Crippen molar-refractivity contribution in [1.82, 2.24) is 15.5 Å². The molecule has 0 aromatic rings. The predicted molar refractivity (Wildman–Crippen MR) is 97.2 cm³/mol. The summed E-state index contributed by atoms with van der Waals surface area (Å²) in [6.45, 7) is 9.51. The Labute approximate surface area is 148 Å². The van der Waals surface area contributed by atoms with Crippen molar-refractivity contribution in [2.45, 2.75) is 71.0 Å². The van der Waals surface area contributed by atoms with Crippen LogP contribution in [0.4, 0.5) is 0 Å². The van der Waals surface area contributed by atoms with Gasteiger partial charge in [0, 0.05) is 31.1 Å². The number of fused-ring (bicyclic) bond motifs is 2. The van der Waals surface area contributed by atoms with E-state index in [0.29, 0.717) is 18.0 Å². The average molecular weight is 354 g/mol. The van der Waals surface area contributed by atoms with Crippen LogP contribution in [-0.2, 0) is 4.79 Å². The van der Waals surface area contributed by atoms with Gasteiger partial charge >= 0.3 is 0 Å². The van der Waals surface area contributed by atoms with Crippen LogP contribution in [-0.4, -0.2) is 48.6 Å². The number of likely N-dealkylation sites (N-methyl/N-ethyl adjacent to an activating group) is 1. The lowest BCUT2D eigenvalue weighted by Crippen LogP contribution is -2.44. The van der Waals surface area contributed by atoms with Crippen molar-refractivity contribution in [3.05, 3.63) is 0 Å². The summed E-state index contributed by atoms with van der Waals surface area (Å²) in [4.78, 5) is 14.5. The quantitative estimate of drug-likeness (QED) is 0.739. The number of nitrogens with zero attached hydrogens (tertiary/aromatic N) is 1. The third-order valence-corrected chi connectivity index (χ3v) is 4.88. The highest BCUT2D eigenvalue weighted by atomic mass is 35.5. The first-order chi connectivity index (χ1) is 9.60. The first-order valence-corrected chi connectivity index (χ1v) is 8.38. The van der Waals surface area contributed by atoms with Crippen molar-refractivity contribution < 1.29 is 4.79 Å². The topological polar surface area (TPSA) is 44.4 Å². The van der Waals surface area contributed by atoms with Crippen molar-refractivity contribution >= 4 is 30.7 Å². The molecular weight excluding hydrogens is 321 g/mol. The summed E-state index contributed by atoms with van der Waals surface area (Å²) in [5, 5.41) is 6.81. The molecule has 2 N–H and O–H groups in total. The molecule has 0 aromatic carbocycles. The molecule has 2 aliphatic heterocycles. The monoisotopic (exact) mass is 353 g/mol. The molecule has 3 atom stereocenters. The van der Waals surface area contributed by atoms with Gasteiger partial charge in [-0.05, 0) is 51.6 Å². The molecule has 2 saturated heterocycles. The Kier molecular flexibility index (Phi) is 10.7. The van der Waals surface area contributed by atoms with Gasteiger partial charge in [0.1, 0.15) is 0 Å². The number of piperidine rings is 1. The summed E-state index contributed by atoms with van der Waals surface area (Å²) in [6, 6.07) is 1.61. The molecule has 0 aromatic heterocycles. The van der Waals surface area contributed by atoms with E-state index in [4.69, 9.17) is 0 Å². The van der Waals surface area contributed by atoms with E-state index in [2.05, 4.69) is 36.3 Å². The molecule has 132 valence electrons. The van der Waals surface area contributed by atoms with E-state index in [1.54, 1.807) is 0 Å². The van der Waals surface area contributed by atoms with Gasteiger partial charge in [-0.3, -0.25) is 4.79 Å². The Hall–Kier alpha value is -0.0300. The van der Waals surface area contributed by atoms with E-state index >= 15 is 0 Å². The van der Waals surface area contributed by atoms with Gasteiger partial charge in [0.05, 0.1) is 0 Å². The molecule has 0 radical (unpaired) electrons. The normalized spacial score (nSPS) is 27.7. The second kappa shape index (κ2) is 10.7. The van der Waals surface area contributed by atoms with Gasteiger partial charge < -0.3 is 15.5 Å². The van der Waals surface area contributed by atoms with Crippen LogP contribution in [0.25, 0.3) is 0 Å². The lowest BCUT2D eigenvalue weighted by Gasteiger charge is -2.29. The highest BCUT2D eigenvalue weighted by Gasteiger charge is 2.34. The number of carbonyl (C=O) groups excluding carboxylic acids is 1. The summed E-state index contributed by atoms with van der Waals surface area (Å²) >= 11 is 0. The van der Waals surface area contributed by atoms with E-state index in [9.17, 15) is 4.79 Å². The van der Waals surface area contributed by atoms with Crippen molar-refractivity contribution in [3.63, 3.8) is 0 Å².